The standard InChI is InChI=1S/Ce.6HNO3.2H3N/c;6*2-1(3)4;;/h;6*(H,2,3,4);2*1H3/p+2. The molecule has 0 saturated heterocycles. The monoisotopic (exact) mass is 554 g/mol. The van der Waals surface area contributed by atoms with Crippen LogP contribution in [-0.4, -0.2) is 61.8 Å². The van der Waals surface area contributed by atoms with Crippen LogP contribution < -0.4 is 12.3 Å². The fraction of sp³-hybridized carbons (Fsp3) is 0. The van der Waals surface area contributed by atoms with Gasteiger partial charge in [0.2, 0.25) is 0 Å². The molecule has 0 aliphatic carbocycles. The number of nitrogens with zero attached hydrogens (tertiary/aromatic N) is 6. The van der Waals surface area contributed by atoms with Crippen LogP contribution in [0.3, 0.4) is 0 Å². The molecule has 0 rings (SSSR count). The first-order valence-electron chi connectivity index (χ1n) is 3.39. The van der Waals surface area contributed by atoms with E-state index in [0.29, 0.717) is 0 Å². The van der Waals surface area contributed by atoms with Crippen molar-refractivity contribution in [3.05, 3.63) is 60.7 Å². The van der Waals surface area contributed by atoms with E-state index in [1.165, 1.54) is 0 Å². The largest absolute Gasteiger partial charge is 0.369 e. The summed E-state index contributed by atoms with van der Waals surface area (Å²) in [6, 6.07) is 0. The third-order valence-electron chi connectivity index (χ3n) is 0. The van der Waals surface area contributed by atoms with Crippen LogP contribution in [0.15, 0.2) is 0 Å². The van der Waals surface area contributed by atoms with Gasteiger partial charge in [0.05, 0.1) is 0 Å². The van der Waals surface area contributed by atoms with Crippen LogP contribution in [0.25, 0.3) is 0 Å². The van der Waals surface area contributed by atoms with E-state index >= 15 is 0 Å². The van der Waals surface area contributed by atoms with E-state index in [9.17, 15) is 0 Å². The molecule has 0 aromatic rings. The van der Waals surface area contributed by atoms with Crippen LogP contribution in [-0.2, 0) is 0 Å². The van der Waals surface area contributed by atoms with Gasteiger partial charge in [-0.3, -0.25) is 0 Å². The Bertz CT molecular complexity index is 260. The van der Waals surface area contributed by atoms with Gasteiger partial charge in [0, 0.05) is 41.7 Å². The molecule has 0 aliphatic rings. The van der Waals surface area contributed by atoms with Crippen molar-refractivity contribution in [3.8, 4) is 0 Å². The molecule has 26 nitrogen and oxygen atoms in total. The zero-order chi connectivity index (χ0) is 21.5. The first kappa shape index (κ1) is 56.6. The van der Waals surface area contributed by atoms with Crippen molar-refractivity contribution in [1.29, 1.82) is 0 Å². The van der Waals surface area contributed by atoms with E-state index in [-0.39, 0.29) is 54.0 Å². The molecular weight excluding hydrogens is 540 g/mol. The summed E-state index contributed by atoms with van der Waals surface area (Å²) in [6.45, 7) is 0. The molecule has 0 fully saturated rings. The van der Waals surface area contributed by atoms with Gasteiger partial charge in [0.1, 0.15) is 0 Å². The SMILES string of the molecule is O=[N+]([O-])O.O=[N+]([O-])O.O=[N+]([O-])O.O=[N+]([O-])O.O=[N+]([O-])O.O=[N+]([O-])O.[Ce].[NH4+].[NH4+]. The third kappa shape index (κ3) is 770. The van der Waals surface area contributed by atoms with E-state index in [1.54, 1.807) is 0 Å². The van der Waals surface area contributed by atoms with Crippen LogP contribution in [0, 0.1) is 102 Å². The van der Waals surface area contributed by atoms with Crippen molar-refractivity contribution >= 4 is 0 Å². The Morgan fingerprint density at radius 3 is 0.370 bits per heavy atom. The molecule has 0 spiro atoms. The normalized spacial score (nSPS) is 5.33. The predicted molar refractivity (Wildman–Crippen MR) is 64.7 cm³/mol. The molecule has 0 amide bonds. The Labute approximate surface area is 176 Å². The topological polar surface area (TPSA) is 453 Å². The van der Waals surface area contributed by atoms with Crippen molar-refractivity contribution in [2.45, 2.75) is 0 Å². The van der Waals surface area contributed by atoms with Gasteiger partial charge in [0.25, 0.3) is 30.5 Å². The van der Waals surface area contributed by atoms with Gasteiger partial charge in [0.15, 0.2) is 0 Å². The Morgan fingerprint density at radius 2 is 0.370 bits per heavy atom. The fourth-order valence-electron chi connectivity index (χ4n) is 0. The number of quaternary nitrogens is 2. The van der Waals surface area contributed by atoms with Gasteiger partial charge in [-0.05, 0) is 0 Å². The molecule has 27 heteroatoms. The summed E-state index contributed by atoms with van der Waals surface area (Å²) in [7, 11) is 0. The van der Waals surface area contributed by atoms with Gasteiger partial charge in [-0.1, -0.05) is 0 Å². The molecule has 0 heterocycles. The molecule has 164 valence electrons. The van der Waals surface area contributed by atoms with Crippen LogP contribution in [0.2, 0.25) is 0 Å². The summed E-state index contributed by atoms with van der Waals surface area (Å²) < 4.78 is 0. The molecule has 14 N–H and O–H groups in total. The Morgan fingerprint density at radius 1 is 0.370 bits per heavy atom. The van der Waals surface area contributed by atoms with Crippen molar-refractivity contribution in [3.63, 3.8) is 0 Å². The maximum Gasteiger partial charge on any atom is 0.291 e. The first-order chi connectivity index (χ1) is 10.4. The molecule has 0 bridgehead atoms. The van der Waals surface area contributed by atoms with Crippen LogP contribution in [0.1, 0.15) is 0 Å². The molecule has 0 aromatic heterocycles. The Balaban J connectivity index is -0.0000000201. The van der Waals surface area contributed by atoms with Crippen molar-refractivity contribution in [2.24, 2.45) is 0 Å². The van der Waals surface area contributed by atoms with E-state index in [0.717, 1.165) is 0 Å². The van der Waals surface area contributed by atoms with Gasteiger partial charge < -0.3 is 43.5 Å². The van der Waals surface area contributed by atoms with Crippen molar-refractivity contribution < 1.29 is 104 Å². The maximum absolute atomic E-state index is 8.36. The zero-order valence-electron chi connectivity index (χ0n) is 12.8. The quantitative estimate of drug-likeness (QED) is 0.127. The van der Waals surface area contributed by atoms with Gasteiger partial charge in [-0.2, -0.15) is 0 Å². The average molecular weight is 554 g/mol. The van der Waals surface area contributed by atoms with E-state index < -0.39 is 30.5 Å². The third-order valence-corrected chi connectivity index (χ3v) is 0. The van der Waals surface area contributed by atoms with Crippen LogP contribution in [0.5, 0.6) is 0 Å². The molecule has 0 aromatic carbocycles. The minimum absolute atomic E-state index is 0. The van der Waals surface area contributed by atoms with Gasteiger partial charge >= 0.3 is 0 Å². The molecule has 27 heavy (non-hydrogen) atoms. The summed E-state index contributed by atoms with van der Waals surface area (Å²) in [5.41, 5.74) is 0. The van der Waals surface area contributed by atoms with Crippen molar-refractivity contribution in [1.82, 2.24) is 12.3 Å². The number of rotatable bonds is 0. The summed E-state index contributed by atoms with van der Waals surface area (Å²) >= 11 is 0. The first-order valence-corrected chi connectivity index (χ1v) is 3.39. The second-order valence-electron chi connectivity index (χ2n) is 1.43. The fourth-order valence-corrected chi connectivity index (χ4v) is 0. The second kappa shape index (κ2) is 49.5. The Hall–Kier alpha value is -3.50. The van der Waals surface area contributed by atoms with Gasteiger partial charge in [-0.25, -0.2) is 0 Å². The van der Waals surface area contributed by atoms with Crippen molar-refractivity contribution in [2.75, 3.05) is 0 Å². The Kier molecular flexibility index (Phi) is 104. The summed E-state index contributed by atoms with van der Waals surface area (Å²) in [5.74, 6) is 0. The number of hydrogen-bond acceptors (Lipinski definition) is 12. The second-order valence-corrected chi connectivity index (χ2v) is 1.43. The van der Waals surface area contributed by atoms with E-state index in [2.05, 4.69) is 0 Å². The summed E-state index contributed by atoms with van der Waals surface area (Å²) in [6.07, 6.45) is 0. The maximum atomic E-state index is 8.36. The van der Waals surface area contributed by atoms with Gasteiger partial charge in [-0.15, -0.1) is 60.7 Å². The summed E-state index contributed by atoms with van der Waals surface area (Å²) in [4.78, 5) is 50.2. The van der Waals surface area contributed by atoms with Crippen LogP contribution >= 0.6 is 0 Å². The zero-order valence-corrected chi connectivity index (χ0v) is 15.9. The average Bonchev–Trinajstić information content (AvgIpc) is 2.08. The molecule has 0 saturated carbocycles. The minimum atomic E-state index is -1.50. The molecule has 0 radical (unpaired) electrons. The predicted octanol–water partition coefficient (Wildman–Crippen LogP) is -1.33. The molecule has 0 aliphatic heterocycles. The minimum Gasteiger partial charge on any atom is -0.369 e. The summed E-state index contributed by atoms with van der Waals surface area (Å²) in [5, 5.41) is 81.8. The molecular formula is H14CeN8O18+2. The number of hydrogen-bond donors (Lipinski definition) is 8. The van der Waals surface area contributed by atoms with E-state index in [4.69, 9.17) is 91.9 Å². The van der Waals surface area contributed by atoms with E-state index in [1.807, 2.05) is 0 Å². The molecule has 0 unspecified atom stereocenters. The smallest absolute Gasteiger partial charge is 0.291 e. The molecule has 0 atom stereocenters. The van der Waals surface area contributed by atoms with Crippen LogP contribution in [0.4, 0.5) is 0 Å².